The topological polar surface area (TPSA) is 76.8 Å². The minimum absolute atomic E-state index is 0.0344. The van der Waals surface area contributed by atoms with Gasteiger partial charge in [-0.1, -0.05) is 13.8 Å². The highest BCUT2D eigenvalue weighted by atomic mass is 16.2. The first kappa shape index (κ1) is 18.3. The molecule has 1 fully saturated rings. The number of likely N-dealkylation sites (tertiary alicyclic amines) is 1. The molecule has 1 aliphatic heterocycles. The van der Waals surface area contributed by atoms with Crippen molar-refractivity contribution in [3.63, 3.8) is 0 Å². The van der Waals surface area contributed by atoms with Crippen LogP contribution in [-0.4, -0.2) is 41.9 Å². The van der Waals surface area contributed by atoms with Gasteiger partial charge < -0.3 is 4.90 Å². The van der Waals surface area contributed by atoms with Gasteiger partial charge in [-0.15, -0.1) is 0 Å². The standard InChI is InChI=1S/C21H24N6O/c1-15(2)21-24-9-11-27(21)19-14-23-13-17(25-19)18-4-3-10-26(18)20(28)12-16-5-7-22-8-6-16/h5-9,11,13-15,18H,3-4,10,12H2,1-2H3. The van der Waals surface area contributed by atoms with Gasteiger partial charge in [0.1, 0.15) is 5.82 Å². The largest absolute Gasteiger partial charge is 0.334 e. The summed E-state index contributed by atoms with van der Waals surface area (Å²) in [5.41, 5.74) is 1.81. The Morgan fingerprint density at radius 3 is 2.79 bits per heavy atom. The van der Waals surface area contributed by atoms with Gasteiger partial charge in [-0.05, 0) is 30.5 Å². The van der Waals surface area contributed by atoms with Gasteiger partial charge in [0.25, 0.3) is 0 Å². The molecule has 1 saturated heterocycles. The molecule has 7 nitrogen and oxygen atoms in total. The molecule has 0 radical (unpaired) electrons. The Morgan fingerprint density at radius 2 is 2.00 bits per heavy atom. The van der Waals surface area contributed by atoms with E-state index in [1.165, 1.54) is 0 Å². The summed E-state index contributed by atoms with van der Waals surface area (Å²) in [4.78, 5) is 32.5. The van der Waals surface area contributed by atoms with Gasteiger partial charge in [0.15, 0.2) is 5.82 Å². The molecule has 144 valence electrons. The Balaban J connectivity index is 1.58. The third kappa shape index (κ3) is 3.65. The van der Waals surface area contributed by atoms with Crippen molar-refractivity contribution in [1.29, 1.82) is 0 Å². The van der Waals surface area contributed by atoms with Crippen LogP contribution in [0.15, 0.2) is 49.3 Å². The van der Waals surface area contributed by atoms with Crippen LogP contribution in [0.2, 0.25) is 0 Å². The maximum Gasteiger partial charge on any atom is 0.227 e. The lowest BCUT2D eigenvalue weighted by Gasteiger charge is -2.24. The zero-order valence-electron chi connectivity index (χ0n) is 16.2. The number of pyridine rings is 1. The first-order chi connectivity index (χ1) is 13.6. The number of aromatic nitrogens is 5. The Labute approximate surface area is 164 Å². The molecule has 0 spiro atoms. The molecule has 0 aliphatic carbocycles. The smallest absolute Gasteiger partial charge is 0.227 e. The van der Waals surface area contributed by atoms with E-state index in [2.05, 4.69) is 28.8 Å². The Morgan fingerprint density at radius 1 is 1.18 bits per heavy atom. The van der Waals surface area contributed by atoms with Gasteiger partial charge in [0.05, 0.1) is 30.6 Å². The fourth-order valence-corrected chi connectivity index (χ4v) is 3.73. The van der Waals surface area contributed by atoms with E-state index in [0.717, 1.165) is 42.3 Å². The monoisotopic (exact) mass is 376 g/mol. The van der Waals surface area contributed by atoms with Crippen molar-refractivity contribution in [2.24, 2.45) is 0 Å². The van der Waals surface area contributed by atoms with Crippen molar-refractivity contribution in [3.8, 4) is 5.82 Å². The molecular formula is C21H24N6O. The lowest BCUT2D eigenvalue weighted by Crippen LogP contribution is -2.32. The highest BCUT2D eigenvalue weighted by Crippen LogP contribution is 2.31. The summed E-state index contributed by atoms with van der Waals surface area (Å²) >= 11 is 0. The fourth-order valence-electron chi connectivity index (χ4n) is 3.73. The van der Waals surface area contributed by atoms with Crippen molar-refractivity contribution in [1.82, 2.24) is 29.4 Å². The van der Waals surface area contributed by atoms with Crippen LogP contribution in [-0.2, 0) is 11.2 Å². The van der Waals surface area contributed by atoms with Gasteiger partial charge in [-0.2, -0.15) is 0 Å². The second-order valence-corrected chi connectivity index (χ2v) is 7.39. The van der Waals surface area contributed by atoms with E-state index in [9.17, 15) is 4.79 Å². The fraction of sp³-hybridized carbons (Fsp3) is 0.381. The van der Waals surface area contributed by atoms with Crippen LogP contribution >= 0.6 is 0 Å². The van der Waals surface area contributed by atoms with E-state index in [-0.39, 0.29) is 17.9 Å². The summed E-state index contributed by atoms with van der Waals surface area (Å²) in [5, 5.41) is 0. The van der Waals surface area contributed by atoms with E-state index < -0.39 is 0 Å². The van der Waals surface area contributed by atoms with Gasteiger partial charge >= 0.3 is 0 Å². The normalized spacial score (nSPS) is 16.7. The number of hydrogen-bond acceptors (Lipinski definition) is 5. The molecule has 1 atom stereocenters. The Hall–Kier alpha value is -3.09. The number of nitrogens with zero attached hydrogens (tertiary/aromatic N) is 6. The number of amides is 1. The predicted molar refractivity (Wildman–Crippen MR) is 105 cm³/mol. The van der Waals surface area contributed by atoms with Crippen molar-refractivity contribution < 1.29 is 4.79 Å². The van der Waals surface area contributed by atoms with Gasteiger partial charge in [-0.25, -0.2) is 9.97 Å². The molecule has 3 aromatic rings. The molecule has 3 aromatic heterocycles. The molecule has 4 heterocycles. The average Bonchev–Trinajstić information content (AvgIpc) is 3.39. The summed E-state index contributed by atoms with van der Waals surface area (Å²) in [7, 11) is 0. The number of hydrogen-bond donors (Lipinski definition) is 0. The minimum Gasteiger partial charge on any atom is -0.334 e. The minimum atomic E-state index is -0.0344. The molecule has 0 bridgehead atoms. The van der Waals surface area contributed by atoms with Crippen LogP contribution in [0.4, 0.5) is 0 Å². The van der Waals surface area contributed by atoms with Crippen molar-refractivity contribution in [2.75, 3.05) is 6.54 Å². The van der Waals surface area contributed by atoms with Crippen molar-refractivity contribution in [2.45, 2.75) is 45.1 Å². The summed E-state index contributed by atoms with van der Waals surface area (Å²) in [6.07, 6.45) is 12.9. The lowest BCUT2D eigenvalue weighted by atomic mass is 10.1. The van der Waals surface area contributed by atoms with Crippen LogP contribution < -0.4 is 0 Å². The highest BCUT2D eigenvalue weighted by molar-refractivity contribution is 5.79. The summed E-state index contributed by atoms with van der Waals surface area (Å²) in [6.45, 7) is 4.96. The van der Waals surface area contributed by atoms with E-state index in [1.807, 2.05) is 27.8 Å². The second-order valence-electron chi connectivity index (χ2n) is 7.39. The molecular weight excluding hydrogens is 352 g/mol. The molecule has 4 rings (SSSR count). The number of rotatable bonds is 5. The van der Waals surface area contributed by atoms with Gasteiger partial charge in [0, 0.05) is 37.3 Å². The molecule has 1 aliphatic rings. The third-order valence-electron chi connectivity index (χ3n) is 5.09. The number of carbonyl (C=O) groups is 1. The van der Waals surface area contributed by atoms with Crippen molar-refractivity contribution in [3.05, 3.63) is 66.4 Å². The lowest BCUT2D eigenvalue weighted by molar-refractivity contribution is -0.131. The molecule has 1 unspecified atom stereocenters. The van der Waals surface area contributed by atoms with E-state index in [4.69, 9.17) is 4.98 Å². The van der Waals surface area contributed by atoms with Crippen molar-refractivity contribution >= 4 is 5.91 Å². The average molecular weight is 376 g/mol. The Bertz CT molecular complexity index is 952. The maximum atomic E-state index is 12.9. The van der Waals surface area contributed by atoms with Crippen LogP contribution in [0.5, 0.6) is 0 Å². The van der Waals surface area contributed by atoms with E-state index in [0.29, 0.717) is 6.42 Å². The van der Waals surface area contributed by atoms with Crippen LogP contribution in [0.1, 0.15) is 55.7 Å². The molecule has 0 aromatic carbocycles. The quantitative estimate of drug-likeness (QED) is 0.684. The van der Waals surface area contributed by atoms with Gasteiger partial charge in [-0.3, -0.25) is 19.3 Å². The predicted octanol–water partition coefficient (Wildman–Crippen LogP) is 3.09. The molecule has 0 saturated carbocycles. The first-order valence-corrected chi connectivity index (χ1v) is 9.67. The second kappa shape index (κ2) is 7.88. The number of imidazole rings is 1. The molecule has 0 N–H and O–H groups in total. The van der Waals surface area contributed by atoms with E-state index >= 15 is 0 Å². The Kier molecular flexibility index (Phi) is 5.14. The third-order valence-corrected chi connectivity index (χ3v) is 5.09. The van der Waals surface area contributed by atoms with Crippen LogP contribution in [0, 0.1) is 0 Å². The number of carbonyl (C=O) groups excluding carboxylic acids is 1. The SMILES string of the molecule is CC(C)c1nccn1-c1cncc(C2CCCN2C(=O)Cc2ccncc2)n1. The van der Waals surface area contributed by atoms with Gasteiger partial charge in [0.2, 0.25) is 5.91 Å². The zero-order chi connectivity index (χ0) is 19.5. The summed E-state index contributed by atoms with van der Waals surface area (Å²) in [5.74, 6) is 2.09. The van der Waals surface area contributed by atoms with E-state index in [1.54, 1.807) is 31.0 Å². The van der Waals surface area contributed by atoms with Crippen LogP contribution in [0.25, 0.3) is 5.82 Å². The molecule has 28 heavy (non-hydrogen) atoms. The summed E-state index contributed by atoms with van der Waals surface area (Å²) in [6, 6.07) is 3.74. The maximum absolute atomic E-state index is 12.9. The zero-order valence-corrected chi connectivity index (χ0v) is 16.2. The molecule has 1 amide bonds. The molecule has 7 heteroatoms. The highest BCUT2D eigenvalue weighted by Gasteiger charge is 2.31. The first-order valence-electron chi connectivity index (χ1n) is 9.67. The van der Waals surface area contributed by atoms with Crippen LogP contribution in [0.3, 0.4) is 0 Å². The summed E-state index contributed by atoms with van der Waals surface area (Å²) < 4.78 is 1.97.